The quantitative estimate of drug-likeness (QED) is 0.502. The summed E-state index contributed by atoms with van der Waals surface area (Å²) >= 11 is 0. The second-order valence-corrected chi connectivity index (χ2v) is 9.89. The second-order valence-electron chi connectivity index (χ2n) is 9.89. The third-order valence-corrected chi connectivity index (χ3v) is 5.63. The molecule has 2 atom stereocenters. The molecule has 0 radical (unpaired) electrons. The number of hydrogen-bond donors (Lipinski definition) is 1. The van der Waals surface area contributed by atoms with E-state index < -0.39 is 23.7 Å². The van der Waals surface area contributed by atoms with Gasteiger partial charge in [-0.15, -0.1) is 0 Å². The molecular formula is C28H36N2O6. The fraction of sp³-hybridized carbons (Fsp3) is 0.464. The average molecular weight is 497 g/mol. The van der Waals surface area contributed by atoms with Gasteiger partial charge >= 0.3 is 12.1 Å². The number of carbonyl (C=O) groups is 3. The van der Waals surface area contributed by atoms with E-state index in [1.54, 1.807) is 20.8 Å². The Morgan fingerprint density at radius 2 is 1.64 bits per heavy atom. The third-order valence-electron chi connectivity index (χ3n) is 5.63. The Morgan fingerprint density at radius 3 is 2.28 bits per heavy atom. The van der Waals surface area contributed by atoms with Crippen molar-refractivity contribution >= 4 is 18.0 Å². The molecule has 8 nitrogen and oxygen atoms in total. The fourth-order valence-corrected chi connectivity index (χ4v) is 4.06. The van der Waals surface area contributed by atoms with Crippen LogP contribution in [0.1, 0.15) is 44.7 Å². The van der Waals surface area contributed by atoms with Crippen molar-refractivity contribution in [2.24, 2.45) is 0 Å². The minimum Gasteiger partial charge on any atom is -0.458 e. The van der Waals surface area contributed by atoms with Crippen molar-refractivity contribution in [1.29, 1.82) is 0 Å². The first-order valence-corrected chi connectivity index (χ1v) is 12.3. The standard InChI is InChI=1S/C28H36N2O6/c1-28(2,3)36-25(31)20-34-19-23(17-21-11-6-4-7-12-21)29-26(32)24-15-10-16-30(24)27(33)35-18-22-13-8-5-9-14-22/h4-9,11-14,23-24H,10,15-20H2,1-3H3,(H,29,32). The molecule has 194 valence electrons. The molecule has 1 saturated heterocycles. The molecule has 1 fully saturated rings. The van der Waals surface area contributed by atoms with Gasteiger partial charge in [0, 0.05) is 6.54 Å². The van der Waals surface area contributed by atoms with E-state index in [2.05, 4.69) is 5.32 Å². The molecule has 0 bridgehead atoms. The largest absolute Gasteiger partial charge is 0.458 e. The monoisotopic (exact) mass is 496 g/mol. The van der Waals surface area contributed by atoms with E-state index in [0.29, 0.717) is 19.4 Å². The van der Waals surface area contributed by atoms with Gasteiger partial charge < -0.3 is 19.5 Å². The van der Waals surface area contributed by atoms with Gasteiger partial charge in [0.1, 0.15) is 24.9 Å². The van der Waals surface area contributed by atoms with E-state index in [0.717, 1.165) is 17.5 Å². The van der Waals surface area contributed by atoms with Crippen molar-refractivity contribution < 1.29 is 28.6 Å². The highest BCUT2D eigenvalue weighted by Gasteiger charge is 2.36. The maximum atomic E-state index is 13.2. The van der Waals surface area contributed by atoms with Crippen LogP contribution < -0.4 is 5.32 Å². The van der Waals surface area contributed by atoms with E-state index in [1.165, 1.54) is 4.90 Å². The molecule has 2 aromatic carbocycles. The predicted molar refractivity (Wildman–Crippen MR) is 135 cm³/mol. The van der Waals surface area contributed by atoms with Gasteiger partial charge in [0.2, 0.25) is 5.91 Å². The van der Waals surface area contributed by atoms with E-state index in [-0.39, 0.29) is 31.8 Å². The van der Waals surface area contributed by atoms with Crippen molar-refractivity contribution in [2.75, 3.05) is 19.8 Å². The van der Waals surface area contributed by atoms with Crippen LogP contribution in [0.5, 0.6) is 0 Å². The Bertz CT molecular complexity index is 990. The molecule has 0 aromatic heterocycles. The van der Waals surface area contributed by atoms with Gasteiger partial charge in [-0.05, 0) is 51.2 Å². The van der Waals surface area contributed by atoms with Crippen molar-refractivity contribution in [2.45, 2.75) is 64.3 Å². The van der Waals surface area contributed by atoms with Crippen LogP contribution in [0.3, 0.4) is 0 Å². The first-order chi connectivity index (χ1) is 17.2. The Labute approximate surface area is 212 Å². The van der Waals surface area contributed by atoms with E-state index in [1.807, 2.05) is 60.7 Å². The lowest BCUT2D eigenvalue weighted by atomic mass is 10.1. The summed E-state index contributed by atoms with van der Waals surface area (Å²) in [5, 5.41) is 3.02. The van der Waals surface area contributed by atoms with Crippen LogP contribution >= 0.6 is 0 Å². The Morgan fingerprint density at radius 1 is 1.00 bits per heavy atom. The van der Waals surface area contributed by atoms with E-state index in [4.69, 9.17) is 14.2 Å². The summed E-state index contributed by atoms with van der Waals surface area (Å²) in [6, 6.07) is 18.1. The first kappa shape index (κ1) is 27.2. The van der Waals surface area contributed by atoms with Crippen LogP contribution in [0.4, 0.5) is 4.79 Å². The summed E-state index contributed by atoms with van der Waals surface area (Å²) in [5.41, 5.74) is 1.31. The number of benzene rings is 2. The topological polar surface area (TPSA) is 94.2 Å². The van der Waals surface area contributed by atoms with Crippen LogP contribution in [-0.4, -0.2) is 60.3 Å². The number of ether oxygens (including phenoxy) is 3. The lowest BCUT2D eigenvalue weighted by Crippen LogP contribution is -2.50. The molecule has 0 saturated carbocycles. The summed E-state index contributed by atoms with van der Waals surface area (Å²) in [7, 11) is 0. The molecule has 2 amide bonds. The molecule has 3 rings (SSSR count). The number of rotatable bonds is 10. The Kier molecular flexibility index (Phi) is 9.87. The number of nitrogens with zero attached hydrogens (tertiary/aromatic N) is 1. The van der Waals surface area contributed by atoms with Crippen LogP contribution in [0.2, 0.25) is 0 Å². The second kappa shape index (κ2) is 13.1. The molecule has 0 spiro atoms. The van der Waals surface area contributed by atoms with Gasteiger partial charge in [-0.1, -0.05) is 60.7 Å². The molecule has 2 aromatic rings. The molecule has 8 heteroatoms. The SMILES string of the molecule is CC(C)(C)OC(=O)COCC(Cc1ccccc1)NC(=O)C1CCCN1C(=O)OCc1ccccc1. The van der Waals surface area contributed by atoms with Crippen molar-refractivity contribution in [3.05, 3.63) is 71.8 Å². The number of carbonyl (C=O) groups excluding carboxylic acids is 3. The number of nitrogens with one attached hydrogen (secondary N) is 1. The molecule has 1 N–H and O–H groups in total. The number of hydrogen-bond acceptors (Lipinski definition) is 6. The predicted octanol–water partition coefficient (Wildman–Crippen LogP) is 3.87. The van der Waals surface area contributed by atoms with Gasteiger partial charge in [0.25, 0.3) is 0 Å². The van der Waals surface area contributed by atoms with Gasteiger partial charge in [0.05, 0.1) is 12.6 Å². The lowest BCUT2D eigenvalue weighted by Gasteiger charge is -2.26. The highest BCUT2D eigenvalue weighted by atomic mass is 16.6. The number of amides is 2. The minimum atomic E-state index is -0.614. The molecule has 2 unspecified atom stereocenters. The molecule has 1 heterocycles. The average Bonchev–Trinajstić information content (AvgIpc) is 3.33. The zero-order valence-electron chi connectivity index (χ0n) is 21.3. The minimum absolute atomic E-state index is 0.130. The molecule has 0 aliphatic carbocycles. The maximum absolute atomic E-state index is 13.2. The highest BCUT2D eigenvalue weighted by molar-refractivity contribution is 5.86. The zero-order valence-corrected chi connectivity index (χ0v) is 21.3. The highest BCUT2D eigenvalue weighted by Crippen LogP contribution is 2.20. The normalized spacial score (nSPS) is 16.3. The van der Waals surface area contributed by atoms with Gasteiger partial charge in [0.15, 0.2) is 0 Å². The van der Waals surface area contributed by atoms with Crippen LogP contribution in [0.15, 0.2) is 60.7 Å². The fourth-order valence-electron chi connectivity index (χ4n) is 4.06. The summed E-state index contributed by atoms with van der Waals surface area (Å²) in [6.07, 6.45) is 1.30. The number of likely N-dealkylation sites (tertiary alicyclic amines) is 1. The van der Waals surface area contributed by atoms with Crippen molar-refractivity contribution in [3.63, 3.8) is 0 Å². The summed E-state index contributed by atoms with van der Waals surface area (Å²) in [4.78, 5) is 39.4. The van der Waals surface area contributed by atoms with Gasteiger partial charge in [-0.3, -0.25) is 9.69 Å². The molecule has 1 aliphatic rings. The lowest BCUT2D eigenvalue weighted by molar-refractivity contribution is -0.160. The Balaban J connectivity index is 1.58. The van der Waals surface area contributed by atoms with Crippen LogP contribution in [-0.2, 0) is 36.8 Å². The van der Waals surface area contributed by atoms with Crippen molar-refractivity contribution in [1.82, 2.24) is 10.2 Å². The number of esters is 1. The summed E-state index contributed by atoms with van der Waals surface area (Å²) in [5.74, 6) is -0.721. The smallest absolute Gasteiger partial charge is 0.410 e. The van der Waals surface area contributed by atoms with Crippen molar-refractivity contribution in [3.8, 4) is 0 Å². The zero-order chi connectivity index (χ0) is 26.0. The maximum Gasteiger partial charge on any atom is 0.410 e. The van der Waals surface area contributed by atoms with Gasteiger partial charge in [-0.2, -0.15) is 0 Å². The van der Waals surface area contributed by atoms with E-state index >= 15 is 0 Å². The first-order valence-electron chi connectivity index (χ1n) is 12.3. The van der Waals surface area contributed by atoms with Crippen LogP contribution in [0, 0.1) is 0 Å². The van der Waals surface area contributed by atoms with Crippen LogP contribution in [0.25, 0.3) is 0 Å². The molecule has 1 aliphatic heterocycles. The third kappa shape index (κ3) is 9.00. The van der Waals surface area contributed by atoms with Gasteiger partial charge in [-0.25, -0.2) is 9.59 Å². The summed E-state index contributed by atoms with van der Waals surface area (Å²) < 4.78 is 16.3. The summed E-state index contributed by atoms with van der Waals surface area (Å²) in [6.45, 7) is 5.92. The molecular weight excluding hydrogens is 460 g/mol. The molecule has 36 heavy (non-hydrogen) atoms. The van der Waals surface area contributed by atoms with E-state index in [9.17, 15) is 14.4 Å². The Hall–Kier alpha value is -3.39.